The van der Waals surface area contributed by atoms with Gasteiger partial charge in [-0.2, -0.15) is 0 Å². The summed E-state index contributed by atoms with van der Waals surface area (Å²) in [5.41, 5.74) is 6.62. The zero-order valence-electron chi connectivity index (χ0n) is 6.43. The summed E-state index contributed by atoms with van der Waals surface area (Å²) in [5, 5.41) is 0. The third-order valence-corrected chi connectivity index (χ3v) is 2.27. The van der Waals surface area contributed by atoms with Crippen LogP contribution in [0.25, 0.3) is 0 Å². The van der Waals surface area contributed by atoms with Crippen molar-refractivity contribution in [3.05, 3.63) is 29.3 Å². The molecule has 0 fully saturated rings. The van der Waals surface area contributed by atoms with Gasteiger partial charge in [0, 0.05) is 5.69 Å². The van der Waals surface area contributed by atoms with Crippen LogP contribution in [-0.2, 0) is 12.8 Å². The van der Waals surface area contributed by atoms with E-state index in [-0.39, 0.29) is 0 Å². The number of anilines is 1. The lowest BCUT2D eigenvalue weighted by molar-refractivity contribution is 0.912. The van der Waals surface area contributed by atoms with E-state index in [2.05, 4.69) is 17.6 Å². The van der Waals surface area contributed by atoms with Gasteiger partial charge in [-0.25, -0.2) is 0 Å². The van der Waals surface area contributed by atoms with Crippen LogP contribution in [0.5, 0.6) is 0 Å². The predicted molar refractivity (Wildman–Crippen MR) is 46.3 cm³/mol. The Morgan fingerprint density at radius 1 is 1.18 bits per heavy atom. The summed E-state index contributed by atoms with van der Waals surface area (Å²) >= 11 is 0. The number of hydrogen-bond acceptors (Lipinski definition) is 2. The number of rotatable bonds is 1. The number of aryl methyl sites for hydroxylation is 2. The summed E-state index contributed by atoms with van der Waals surface area (Å²) < 4.78 is 0. The highest BCUT2D eigenvalue weighted by atomic mass is 15.2. The molecule has 0 bridgehead atoms. The number of nitrogens with two attached hydrogens (primary N) is 1. The fourth-order valence-corrected chi connectivity index (χ4v) is 1.66. The molecular weight excluding hydrogens is 136 g/mol. The third-order valence-electron chi connectivity index (χ3n) is 2.27. The topological polar surface area (TPSA) is 38.0 Å². The van der Waals surface area contributed by atoms with Gasteiger partial charge in [0.15, 0.2) is 0 Å². The van der Waals surface area contributed by atoms with E-state index in [1.165, 1.54) is 30.4 Å². The molecule has 0 radical (unpaired) electrons. The minimum absolute atomic E-state index is 1.02. The van der Waals surface area contributed by atoms with E-state index in [9.17, 15) is 0 Å². The standard InChI is InChI=1S/C9H12N2/c10-11-9-5-4-7-2-1-3-8(7)6-9/h4-6,11H,1-3,10H2. The smallest absolute Gasteiger partial charge is 0.0488 e. The van der Waals surface area contributed by atoms with Crippen LogP contribution in [0.4, 0.5) is 5.69 Å². The number of nitrogens with one attached hydrogen (secondary N) is 1. The SMILES string of the molecule is NNc1ccc2c(c1)CCC2. The summed E-state index contributed by atoms with van der Waals surface area (Å²) in [4.78, 5) is 0. The summed E-state index contributed by atoms with van der Waals surface area (Å²) in [5.74, 6) is 5.29. The van der Waals surface area contributed by atoms with E-state index in [0.29, 0.717) is 0 Å². The maximum Gasteiger partial charge on any atom is 0.0488 e. The average Bonchev–Trinajstić information content (AvgIpc) is 2.50. The molecule has 0 saturated carbocycles. The lowest BCUT2D eigenvalue weighted by Gasteiger charge is -2.02. The number of fused-ring (bicyclic) bond motifs is 1. The Morgan fingerprint density at radius 3 is 2.82 bits per heavy atom. The van der Waals surface area contributed by atoms with Crippen molar-refractivity contribution in [1.82, 2.24) is 0 Å². The van der Waals surface area contributed by atoms with Gasteiger partial charge in [0.25, 0.3) is 0 Å². The highest BCUT2D eigenvalue weighted by molar-refractivity contribution is 5.49. The lowest BCUT2D eigenvalue weighted by atomic mass is 10.1. The monoisotopic (exact) mass is 148 g/mol. The van der Waals surface area contributed by atoms with Crippen LogP contribution in [0.15, 0.2) is 18.2 Å². The van der Waals surface area contributed by atoms with Crippen LogP contribution < -0.4 is 11.3 Å². The maximum absolute atomic E-state index is 5.29. The highest BCUT2D eigenvalue weighted by Crippen LogP contribution is 2.24. The Balaban J connectivity index is 2.41. The van der Waals surface area contributed by atoms with Crippen molar-refractivity contribution in [2.75, 3.05) is 5.43 Å². The van der Waals surface area contributed by atoms with E-state index in [4.69, 9.17) is 5.84 Å². The van der Waals surface area contributed by atoms with Crippen LogP contribution in [0.2, 0.25) is 0 Å². The van der Waals surface area contributed by atoms with Gasteiger partial charge in [0.1, 0.15) is 0 Å². The molecule has 0 saturated heterocycles. The van der Waals surface area contributed by atoms with E-state index in [0.717, 1.165) is 5.69 Å². The highest BCUT2D eigenvalue weighted by Gasteiger charge is 2.09. The van der Waals surface area contributed by atoms with Crippen molar-refractivity contribution in [2.24, 2.45) is 5.84 Å². The molecule has 0 heterocycles. The number of hydrogen-bond donors (Lipinski definition) is 2. The molecular formula is C9H12N2. The zero-order chi connectivity index (χ0) is 7.68. The lowest BCUT2D eigenvalue weighted by Crippen LogP contribution is -2.06. The van der Waals surface area contributed by atoms with Crippen molar-refractivity contribution >= 4 is 5.69 Å². The second-order valence-electron chi connectivity index (χ2n) is 2.98. The van der Waals surface area contributed by atoms with Crippen molar-refractivity contribution in [3.63, 3.8) is 0 Å². The van der Waals surface area contributed by atoms with Gasteiger partial charge < -0.3 is 5.43 Å². The van der Waals surface area contributed by atoms with Crippen molar-refractivity contribution in [2.45, 2.75) is 19.3 Å². The third kappa shape index (κ3) is 1.10. The van der Waals surface area contributed by atoms with Crippen LogP contribution in [0.3, 0.4) is 0 Å². The molecule has 1 aromatic rings. The molecule has 1 aromatic carbocycles. The average molecular weight is 148 g/mol. The van der Waals surface area contributed by atoms with Gasteiger partial charge in [-0.1, -0.05) is 6.07 Å². The van der Waals surface area contributed by atoms with Gasteiger partial charge in [-0.3, -0.25) is 5.84 Å². The summed E-state index contributed by atoms with van der Waals surface area (Å²) in [7, 11) is 0. The Morgan fingerprint density at radius 2 is 2.00 bits per heavy atom. The van der Waals surface area contributed by atoms with E-state index in [1.807, 2.05) is 6.07 Å². The minimum atomic E-state index is 1.02. The van der Waals surface area contributed by atoms with Gasteiger partial charge in [-0.15, -0.1) is 0 Å². The first kappa shape index (κ1) is 6.68. The largest absolute Gasteiger partial charge is 0.324 e. The molecule has 2 nitrogen and oxygen atoms in total. The molecule has 0 amide bonds. The Hall–Kier alpha value is -1.02. The second-order valence-corrected chi connectivity index (χ2v) is 2.98. The summed E-state index contributed by atoms with van der Waals surface area (Å²) in [6.07, 6.45) is 3.74. The van der Waals surface area contributed by atoms with Crippen molar-refractivity contribution < 1.29 is 0 Å². The van der Waals surface area contributed by atoms with E-state index < -0.39 is 0 Å². The maximum atomic E-state index is 5.29. The van der Waals surface area contributed by atoms with Gasteiger partial charge in [-0.05, 0) is 42.5 Å². The Bertz CT molecular complexity index is 268. The van der Waals surface area contributed by atoms with Crippen molar-refractivity contribution in [3.8, 4) is 0 Å². The normalized spacial score (nSPS) is 14.6. The molecule has 0 spiro atoms. The summed E-state index contributed by atoms with van der Waals surface area (Å²) in [6.45, 7) is 0. The quantitative estimate of drug-likeness (QED) is 0.467. The van der Waals surface area contributed by atoms with Gasteiger partial charge >= 0.3 is 0 Å². The molecule has 0 aliphatic heterocycles. The molecule has 1 aliphatic carbocycles. The molecule has 0 aromatic heterocycles. The number of nitrogen functional groups attached to an aromatic ring is 1. The van der Waals surface area contributed by atoms with Crippen LogP contribution in [0, 0.1) is 0 Å². The Kier molecular flexibility index (Phi) is 1.55. The molecule has 0 atom stereocenters. The number of benzene rings is 1. The molecule has 0 unspecified atom stereocenters. The summed E-state index contributed by atoms with van der Waals surface area (Å²) in [6, 6.07) is 6.34. The Labute approximate surface area is 66.4 Å². The minimum Gasteiger partial charge on any atom is -0.324 e. The molecule has 2 heteroatoms. The zero-order valence-corrected chi connectivity index (χ0v) is 6.43. The van der Waals surface area contributed by atoms with Gasteiger partial charge in [0.05, 0.1) is 0 Å². The fourth-order valence-electron chi connectivity index (χ4n) is 1.66. The first-order valence-electron chi connectivity index (χ1n) is 3.98. The predicted octanol–water partition coefficient (Wildman–Crippen LogP) is 1.46. The molecule has 11 heavy (non-hydrogen) atoms. The molecule has 1 aliphatic rings. The molecule has 58 valence electrons. The van der Waals surface area contributed by atoms with Crippen LogP contribution in [-0.4, -0.2) is 0 Å². The second kappa shape index (κ2) is 2.55. The fraction of sp³-hybridized carbons (Fsp3) is 0.333. The van der Waals surface area contributed by atoms with Gasteiger partial charge in [0.2, 0.25) is 0 Å². The molecule has 2 rings (SSSR count). The van der Waals surface area contributed by atoms with E-state index in [1.54, 1.807) is 0 Å². The number of hydrazine groups is 1. The first-order valence-corrected chi connectivity index (χ1v) is 3.98. The first-order chi connectivity index (χ1) is 5.40. The van der Waals surface area contributed by atoms with E-state index >= 15 is 0 Å². The molecule has 3 N–H and O–H groups in total. The van der Waals surface area contributed by atoms with Crippen molar-refractivity contribution in [1.29, 1.82) is 0 Å². The van der Waals surface area contributed by atoms with Crippen LogP contribution in [0.1, 0.15) is 17.5 Å². The van der Waals surface area contributed by atoms with Crippen LogP contribution >= 0.6 is 0 Å².